The van der Waals surface area contributed by atoms with Crippen molar-refractivity contribution in [1.29, 1.82) is 0 Å². The Kier molecular flexibility index (Phi) is 38.4. The highest BCUT2D eigenvalue weighted by Crippen LogP contribution is 2.30. The summed E-state index contributed by atoms with van der Waals surface area (Å²) in [7, 11) is 0. The highest BCUT2D eigenvalue weighted by Gasteiger charge is 2.51. The van der Waals surface area contributed by atoms with Gasteiger partial charge < -0.3 is 75.5 Å². The van der Waals surface area contributed by atoms with Crippen molar-refractivity contribution in [1.82, 2.24) is 10.6 Å². The number of nitrogens with one attached hydrogen (secondary N) is 2. The second-order valence-corrected chi connectivity index (χ2v) is 21.7. The molecule has 17 nitrogen and oxygen atoms in total. The van der Waals surface area contributed by atoms with Gasteiger partial charge in [-0.1, -0.05) is 213 Å². The molecule has 0 aromatic rings. The molecule has 2 heterocycles. The largest absolute Gasteiger partial charge is 0.394 e. The second kappa shape index (κ2) is 41.5. The van der Waals surface area contributed by atoms with E-state index in [1.807, 2.05) is 0 Å². The van der Waals surface area contributed by atoms with Crippen LogP contribution < -0.4 is 10.6 Å². The van der Waals surface area contributed by atoms with Crippen molar-refractivity contribution in [2.45, 2.75) is 319 Å². The number of aliphatic hydroxyl groups is 9. The third-order valence-electron chi connectivity index (χ3n) is 15.2. The Balaban J connectivity index is 1.92. The molecule has 0 bridgehead atoms. The summed E-state index contributed by atoms with van der Waals surface area (Å²) in [5.41, 5.74) is 0. The van der Waals surface area contributed by atoms with Crippen LogP contribution in [0.25, 0.3) is 0 Å². The van der Waals surface area contributed by atoms with Gasteiger partial charge in [0, 0.05) is 6.92 Å². The Labute approximate surface area is 440 Å². The van der Waals surface area contributed by atoms with Crippen LogP contribution >= 0.6 is 0 Å². The Morgan fingerprint density at radius 2 is 0.986 bits per heavy atom. The maximum Gasteiger partial charge on any atom is 0.249 e. The average molecular weight is 1050 g/mol. The molecule has 73 heavy (non-hydrogen) atoms. The minimum atomic E-state index is -1.86. The van der Waals surface area contributed by atoms with E-state index in [0.29, 0.717) is 12.8 Å². The third-order valence-corrected chi connectivity index (χ3v) is 15.2. The SMILES string of the molecule is CCCCCCCCCCCCCCCCCCCC[C@@H](O)C(=O)N[C@@H](CO[C@H]1O[C@H](CO)[C@H](O[C@H]2O[C@H](CO)[C@@H](O)[C@H](O)[C@H]2NC(C)=O)[C@H](O)[C@H]1O)[C@H](O)[C@H](O)CCCCCCCCCCCCC(C)CC. The van der Waals surface area contributed by atoms with Crippen LogP contribution in [-0.2, 0) is 28.5 Å². The zero-order valence-corrected chi connectivity index (χ0v) is 45.9. The van der Waals surface area contributed by atoms with E-state index in [9.17, 15) is 55.5 Å². The highest BCUT2D eigenvalue weighted by atomic mass is 16.7. The molecule has 0 aromatic heterocycles. The van der Waals surface area contributed by atoms with Gasteiger partial charge in [0.05, 0.1) is 32.0 Å². The molecule has 2 saturated heterocycles. The summed E-state index contributed by atoms with van der Waals surface area (Å²) in [6.07, 6.45) is 17.3. The maximum absolute atomic E-state index is 13.4. The molecule has 2 rings (SSSR count). The van der Waals surface area contributed by atoms with E-state index < -0.39 is 117 Å². The fourth-order valence-electron chi connectivity index (χ4n) is 10.1. The summed E-state index contributed by atoms with van der Waals surface area (Å²) in [6, 6.07) is -2.67. The van der Waals surface area contributed by atoms with Crippen LogP contribution in [0.2, 0.25) is 0 Å². The van der Waals surface area contributed by atoms with Crippen molar-refractivity contribution in [2.24, 2.45) is 5.92 Å². The van der Waals surface area contributed by atoms with Gasteiger partial charge >= 0.3 is 0 Å². The molecule has 0 spiro atoms. The fourth-order valence-corrected chi connectivity index (χ4v) is 10.1. The van der Waals surface area contributed by atoms with E-state index in [1.54, 1.807) is 0 Å². The minimum Gasteiger partial charge on any atom is -0.394 e. The molecule has 11 N–H and O–H groups in total. The van der Waals surface area contributed by atoms with E-state index in [1.165, 1.54) is 135 Å². The lowest BCUT2D eigenvalue weighted by Gasteiger charge is -2.47. The molecule has 2 amide bonds. The number of carbonyl (C=O) groups excluding carboxylic acids is 2. The first kappa shape index (κ1) is 67.5. The van der Waals surface area contributed by atoms with Gasteiger partial charge in [0.15, 0.2) is 12.6 Å². The first-order valence-corrected chi connectivity index (χ1v) is 29.3. The van der Waals surface area contributed by atoms with Gasteiger partial charge in [-0.25, -0.2) is 0 Å². The zero-order valence-electron chi connectivity index (χ0n) is 45.9. The minimum absolute atomic E-state index is 0.202. The van der Waals surface area contributed by atoms with E-state index in [2.05, 4.69) is 31.4 Å². The van der Waals surface area contributed by atoms with Gasteiger partial charge in [-0.3, -0.25) is 9.59 Å². The summed E-state index contributed by atoms with van der Waals surface area (Å²) in [5.74, 6) is -0.575. The summed E-state index contributed by atoms with van der Waals surface area (Å²) in [5, 5.41) is 102. The number of rotatable bonds is 45. The molecular weight excluding hydrogens is 941 g/mol. The van der Waals surface area contributed by atoms with Crippen LogP contribution in [0.3, 0.4) is 0 Å². The van der Waals surface area contributed by atoms with Crippen LogP contribution in [0.4, 0.5) is 0 Å². The lowest BCUT2D eigenvalue weighted by Crippen LogP contribution is -2.67. The van der Waals surface area contributed by atoms with Crippen molar-refractivity contribution in [3.8, 4) is 0 Å². The number of carbonyl (C=O) groups is 2. The summed E-state index contributed by atoms with van der Waals surface area (Å²) in [6.45, 7) is 5.92. The summed E-state index contributed by atoms with van der Waals surface area (Å²) < 4.78 is 23.2. The summed E-state index contributed by atoms with van der Waals surface area (Å²) >= 11 is 0. The maximum atomic E-state index is 13.4. The van der Waals surface area contributed by atoms with E-state index in [-0.39, 0.29) is 12.8 Å². The smallest absolute Gasteiger partial charge is 0.249 e. The predicted octanol–water partition coefficient (Wildman–Crippen LogP) is 6.50. The molecule has 0 aromatic carbocycles. The molecule has 0 aliphatic carbocycles. The van der Waals surface area contributed by atoms with E-state index >= 15 is 0 Å². The Bertz CT molecular complexity index is 1350. The molecular formula is C56H108N2O15. The van der Waals surface area contributed by atoms with Gasteiger partial charge in [-0.15, -0.1) is 0 Å². The quantitative estimate of drug-likeness (QED) is 0.0291. The van der Waals surface area contributed by atoms with Crippen LogP contribution in [0, 0.1) is 5.92 Å². The van der Waals surface area contributed by atoms with Crippen LogP contribution in [-0.4, -0.2) is 163 Å². The third kappa shape index (κ3) is 28.0. The van der Waals surface area contributed by atoms with Crippen LogP contribution in [0.15, 0.2) is 0 Å². The Morgan fingerprint density at radius 1 is 0.548 bits per heavy atom. The molecule has 0 saturated carbocycles. The molecule has 0 radical (unpaired) electrons. The van der Waals surface area contributed by atoms with E-state index in [0.717, 1.165) is 57.8 Å². The Morgan fingerprint density at radius 3 is 1.44 bits per heavy atom. The second-order valence-electron chi connectivity index (χ2n) is 21.7. The monoisotopic (exact) mass is 1050 g/mol. The molecule has 432 valence electrons. The number of ether oxygens (including phenoxy) is 4. The molecule has 2 fully saturated rings. The van der Waals surface area contributed by atoms with Crippen molar-refractivity contribution in [3.05, 3.63) is 0 Å². The number of hydrogen-bond acceptors (Lipinski definition) is 15. The molecule has 15 atom stereocenters. The summed E-state index contributed by atoms with van der Waals surface area (Å²) in [4.78, 5) is 25.4. The first-order valence-electron chi connectivity index (χ1n) is 29.3. The molecule has 1 unspecified atom stereocenters. The van der Waals surface area contributed by atoms with Gasteiger partial charge in [-0.05, 0) is 18.8 Å². The lowest BCUT2D eigenvalue weighted by atomic mass is 9.95. The van der Waals surface area contributed by atoms with Crippen LogP contribution in [0.1, 0.15) is 233 Å². The first-order chi connectivity index (χ1) is 35.2. The number of hydrogen-bond donors (Lipinski definition) is 11. The normalized spacial score (nSPS) is 26.5. The van der Waals surface area contributed by atoms with E-state index in [4.69, 9.17) is 18.9 Å². The zero-order chi connectivity index (χ0) is 53.8. The lowest BCUT2D eigenvalue weighted by molar-refractivity contribution is -0.347. The van der Waals surface area contributed by atoms with Gasteiger partial charge in [-0.2, -0.15) is 0 Å². The molecule has 2 aliphatic heterocycles. The van der Waals surface area contributed by atoms with Crippen molar-refractivity contribution in [3.63, 3.8) is 0 Å². The number of unbranched alkanes of at least 4 members (excludes halogenated alkanes) is 26. The number of amides is 2. The van der Waals surface area contributed by atoms with Gasteiger partial charge in [0.1, 0.15) is 61.0 Å². The average Bonchev–Trinajstić information content (AvgIpc) is 3.38. The predicted molar refractivity (Wildman–Crippen MR) is 282 cm³/mol. The number of aliphatic hydroxyl groups excluding tert-OH is 9. The van der Waals surface area contributed by atoms with Crippen LogP contribution in [0.5, 0.6) is 0 Å². The highest BCUT2D eigenvalue weighted by molar-refractivity contribution is 5.80. The molecule has 17 heteroatoms. The van der Waals surface area contributed by atoms with Crippen molar-refractivity contribution < 1.29 is 74.5 Å². The van der Waals surface area contributed by atoms with Crippen molar-refractivity contribution in [2.75, 3.05) is 19.8 Å². The topological polar surface area (TPSA) is 277 Å². The van der Waals surface area contributed by atoms with Crippen molar-refractivity contribution >= 4 is 11.8 Å². The van der Waals surface area contributed by atoms with Gasteiger partial charge in [0.2, 0.25) is 11.8 Å². The van der Waals surface area contributed by atoms with Gasteiger partial charge in [0.25, 0.3) is 0 Å². The standard InChI is InChI=1S/C56H108N2O15/c1-5-7-8-9-10-11-12-13-14-15-16-17-18-19-24-27-30-33-36-44(63)54(69)58-42(48(64)43(62)35-32-29-26-23-21-20-22-25-28-31-34-40(3)6-2)39-70-56-52(68)51(67)53(46(38-60)72-56)73-55-47(57-41(4)61)50(66)49(65)45(37-59)71-55/h40,42-53,55-56,59-60,62-68H,5-39H2,1-4H3,(H,57,61)(H,58,69)/t40?,42-,43+,44+,45+,46+,47+,48-,49+,50+,51+,52+,53-,55+,56-/m0/s1. The fraction of sp³-hybridized carbons (Fsp3) is 0.964. The Hall–Kier alpha value is -1.58. The molecule has 2 aliphatic rings.